The number of ether oxygens (including phenoxy) is 1. The van der Waals surface area contributed by atoms with E-state index in [4.69, 9.17) is 4.74 Å². The molecule has 1 fully saturated rings. The molecule has 1 heterocycles. The molecule has 0 bridgehead atoms. The summed E-state index contributed by atoms with van der Waals surface area (Å²) in [6.45, 7) is 4.31. The molecule has 8 nitrogen and oxygen atoms in total. The van der Waals surface area contributed by atoms with Crippen molar-refractivity contribution in [3.8, 4) is 0 Å². The van der Waals surface area contributed by atoms with Gasteiger partial charge in [-0.15, -0.1) is 0 Å². The Labute approximate surface area is 216 Å². The Bertz CT molecular complexity index is 1210. The van der Waals surface area contributed by atoms with Crippen LogP contribution in [0.3, 0.4) is 0 Å². The number of alkyl halides is 3. The smallest absolute Gasteiger partial charge is 0.444 e. The summed E-state index contributed by atoms with van der Waals surface area (Å²) in [5, 5.41) is 1.45. The number of halogens is 4. The molecule has 1 aliphatic heterocycles. The predicted octanol–water partition coefficient (Wildman–Crippen LogP) is 4.09. The molecule has 1 saturated heterocycles. The normalized spacial score (nSPS) is 13.9. The van der Waals surface area contributed by atoms with Crippen molar-refractivity contribution in [2.45, 2.75) is 39.1 Å². The fraction of sp³-hybridized carbons (Fsp3) is 0.385. The monoisotopic (exact) mass is 537 g/mol. The van der Waals surface area contributed by atoms with Gasteiger partial charge in [-0.1, -0.05) is 30.3 Å². The first-order valence-electron chi connectivity index (χ1n) is 11.7. The summed E-state index contributed by atoms with van der Waals surface area (Å²) < 4.78 is 57.2. The molecule has 38 heavy (non-hydrogen) atoms. The number of hydrogen-bond acceptors (Lipinski definition) is 5. The number of carbonyl (C=O) groups excluding carboxylic acids is 4. The van der Waals surface area contributed by atoms with Crippen LogP contribution in [0.15, 0.2) is 48.5 Å². The molecule has 204 valence electrons. The first-order chi connectivity index (χ1) is 17.7. The maximum Gasteiger partial charge on any atom is 0.471 e. The number of para-hydroxylation sites is 1. The van der Waals surface area contributed by atoms with E-state index < -0.39 is 47.8 Å². The number of amides is 3. The van der Waals surface area contributed by atoms with Crippen molar-refractivity contribution >= 4 is 29.4 Å². The van der Waals surface area contributed by atoms with Gasteiger partial charge in [0, 0.05) is 29.9 Å². The number of anilines is 1. The molecule has 0 saturated carbocycles. The number of ketones is 1. The summed E-state index contributed by atoms with van der Waals surface area (Å²) >= 11 is 0. The average Bonchev–Trinajstić information content (AvgIpc) is 2.79. The van der Waals surface area contributed by atoms with E-state index in [0.29, 0.717) is 5.69 Å². The lowest BCUT2D eigenvalue weighted by Crippen LogP contribution is -2.57. The highest BCUT2D eigenvalue weighted by Crippen LogP contribution is 2.27. The lowest BCUT2D eigenvalue weighted by atomic mass is 9.98. The topological polar surface area (TPSA) is 96.0 Å². The largest absolute Gasteiger partial charge is 0.471 e. The van der Waals surface area contributed by atoms with Crippen molar-refractivity contribution in [2.75, 3.05) is 24.5 Å². The van der Waals surface area contributed by atoms with Gasteiger partial charge < -0.3 is 19.9 Å². The van der Waals surface area contributed by atoms with Crippen LogP contribution in [0.25, 0.3) is 0 Å². The third kappa shape index (κ3) is 7.30. The van der Waals surface area contributed by atoms with Crippen molar-refractivity contribution in [3.63, 3.8) is 0 Å². The molecule has 1 N–H and O–H groups in total. The minimum absolute atomic E-state index is 0.0569. The predicted molar refractivity (Wildman–Crippen MR) is 129 cm³/mol. The summed E-state index contributed by atoms with van der Waals surface area (Å²) in [6, 6.07) is 11.8. The van der Waals surface area contributed by atoms with Crippen molar-refractivity contribution in [1.82, 2.24) is 10.2 Å². The van der Waals surface area contributed by atoms with Crippen LogP contribution in [0.4, 0.5) is 28.0 Å². The maximum absolute atomic E-state index is 14.9. The lowest BCUT2D eigenvalue weighted by molar-refractivity contribution is -0.173. The Balaban J connectivity index is 1.71. The molecule has 0 unspecified atom stereocenters. The van der Waals surface area contributed by atoms with Crippen LogP contribution in [0.5, 0.6) is 0 Å². The van der Waals surface area contributed by atoms with Gasteiger partial charge >= 0.3 is 18.2 Å². The molecular formula is C26H27F4N3O5. The van der Waals surface area contributed by atoms with Crippen molar-refractivity contribution < 1.29 is 41.5 Å². The van der Waals surface area contributed by atoms with E-state index in [9.17, 15) is 36.7 Å². The maximum atomic E-state index is 14.9. The number of Topliss-reactive ketones (excluding diaryl/α,β-unsaturated/α-hetero) is 1. The zero-order valence-corrected chi connectivity index (χ0v) is 21.0. The summed E-state index contributed by atoms with van der Waals surface area (Å²) in [6.07, 6.45) is -5.68. The number of carbonyl (C=O) groups is 4. The molecule has 3 rings (SSSR count). The first kappa shape index (κ1) is 28.6. The van der Waals surface area contributed by atoms with E-state index in [1.54, 1.807) is 51.1 Å². The van der Waals surface area contributed by atoms with E-state index in [1.165, 1.54) is 27.2 Å². The quantitative estimate of drug-likeness (QED) is 0.424. The molecule has 3 amide bonds. The highest BCUT2D eigenvalue weighted by atomic mass is 19.4. The Kier molecular flexibility index (Phi) is 8.43. The number of benzene rings is 2. The van der Waals surface area contributed by atoms with Crippen LogP contribution in [0, 0.1) is 11.7 Å². The summed E-state index contributed by atoms with van der Waals surface area (Å²) in [5.74, 6) is -4.92. The lowest BCUT2D eigenvalue weighted by Gasteiger charge is -2.41. The molecule has 0 radical (unpaired) electrons. The van der Waals surface area contributed by atoms with Gasteiger partial charge in [0.1, 0.15) is 11.4 Å². The summed E-state index contributed by atoms with van der Waals surface area (Å²) in [5.41, 5.74) is -0.376. The number of nitrogens with zero attached hydrogens (tertiary/aromatic N) is 2. The van der Waals surface area contributed by atoms with Crippen LogP contribution in [-0.4, -0.2) is 60.0 Å². The first-order valence-corrected chi connectivity index (χ1v) is 11.7. The van der Waals surface area contributed by atoms with Crippen molar-refractivity contribution in [2.24, 2.45) is 5.92 Å². The molecule has 0 atom stereocenters. The third-order valence-electron chi connectivity index (χ3n) is 5.59. The van der Waals surface area contributed by atoms with E-state index in [2.05, 4.69) is 0 Å². The van der Waals surface area contributed by atoms with Gasteiger partial charge in [0.05, 0.1) is 19.0 Å². The second kappa shape index (κ2) is 11.2. The minimum Gasteiger partial charge on any atom is -0.444 e. The van der Waals surface area contributed by atoms with Crippen LogP contribution >= 0.6 is 0 Å². The Morgan fingerprint density at radius 1 is 1.03 bits per heavy atom. The van der Waals surface area contributed by atoms with Gasteiger partial charge in [-0.05, 0) is 39.0 Å². The van der Waals surface area contributed by atoms with E-state index in [0.717, 1.165) is 6.07 Å². The molecule has 12 heteroatoms. The number of likely N-dealkylation sites (tertiary alicyclic amines) is 1. The molecule has 0 aromatic heterocycles. The fourth-order valence-corrected chi connectivity index (χ4v) is 3.62. The Morgan fingerprint density at radius 3 is 2.21 bits per heavy atom. The van der Waals surface area contributed by atoms with Gasteiger partial charge in [-0.3, -0.25) is 14.4 Å². The van der Waals surface area contributed by atoms with E-state index in [1.807, 2.05) is 0 Å². The van der Waals surface area contributed by atoms with Gasteiger partial charge in [-0.2, -0.15) is 13.2 Å². The standard InChI is InChI=1S/C26H27F4N3O5/c1-25(2,3)38-24(37)32-13-18(14-32)22(35)33(19-7-5-4-6-8-19)15-17-10-9-16(11-20(17)27)21(34)12-31-23(36)26(28,29)30/h4-11,18H,12-15H2,1-3H3,(H,31,36). The molecular weight excluding hydrogens is 510 g/mol. The Hall–Kier alpha value is -3.96. The molecule has 0 spiro atoms. The van der Waals surface area contributed by atoms with Crippen LogP contribution in [0.1, 0.15) is 36.7 Å². The van der Waals surface area contributed by atoms with Gasteiger partial charge in [-0.25, -0.2) is 9.18 Å². The molecule has 1 aliphatic rings. The minimum atomic E-state index is -5.15. The van der Waals surface area contributed by atoms with Crippen LogP contribution in [0.2, 0.25) is 0 Å². The molecule has 2 aromatic carbocycles. The average molecular weight is 538 g/mol. The van der Waals surface area contributed by atoms with Gasteiger partial charge in [0.15, 0.2) is 5.78 Å². The number of rotatable bonds is 7. The van der Waals surface area contributed by atoms with E-state index in [-0.39, 0.29) is 36.7 Å². The zero-order chi connectivity index (χ0) is 28.3. The van der Waals surface area contributed by atoms with Gasteiger partial charge in [0.25, 0.3) is 0 Å². The number of hydrogen-bond donors (Lipinski definition) is 1. The number of nitrogens with one attached hydrogen (secondary N) is 1. The fourth-order valence-electron chi connectivity index (χ4n) is 3.62. The summed E-state index contributed by atoms with van der Waals surface area (Å²) in [4.78, 5) is 51.4. The molecule has 0 aliphatic carbocycles. The Morgan fingerprint density at radius 2 is 1.66 bits per heavy atom. The third-order valence-corrected chi connectivity index (χ3v) is 5.59. The second-order valence-electron chi connectivity index (χ2n) is 9.75. The molecule has 2 aromatic rings. The van der Waals surface area contributed by atoms with Gasteiger partial charge in [0.2, 0.25) is 5.91 Å². The highest BCUT2D eigenvalue weighted by molar-refractivity contribution is 6.00. The zero-order valence-electron chi connectivity index (χ0n) is 21.0. The van der Waals surface area contributed by atoms with Crippen molar-refractivity contribution in [1.29, 1.82) is 0 Å². The highest BCUT2D eigenvalue weighted by Gasteiger charge is 2.40. The van der Waals surface area contributed by atoms with E-state index >= 15 is 0 Å². The van der Waals surface area contributed by atoms with Crippen molar-refractivity contribution in [3.05, 3.63) is 65.5 Å². The van der Waals surface area contributed by atoms with Crippen LogP contribution < -0.4 is 10.2 Å². The SMILES string of the molecule is CC(C)(C)OC(=O)N1CC(C(=O)N(Cc2ccc(C(=O)CNC(=O)C(F)(F)F)cc2F)c2ccccc2)C1. The second-order valence-corrected chi connectivity index (χ2v) is 9.75. The summed E-state index contributed by atoms with van der Waals surface area (Å²) in [7, 11) is 0. The van der Waals surface area contributed by atoms with Crippen LogP contribution in [-0.2, 0) is 20.9 Å².